The van der Waals surface area contributed by atoms with E-state index in [1.54, 1.807) is 43.8 Å². The average Bonchev–Trinajstić information content (AvgIpc) is 2.87. The third-order valence-corrected chi connectivity index (χ3v) is 7.14. The number of aromatic amines is 1. The van der Waals surface area contributed by atoms with Crippen molar-refractivity contribution in [3.8, 4) is 17.3 Å². The van der Waals surface area contributed by atoms with Gasteiger partial charge in [-0.05, 0) is 54.6 Å². The van der Waals surface area contributed by atoms with Crippen LogP contribution in [0.1, 0.15) is 12.8 Å². The minimum absolute atomic E-state index is 0.0499. The smallest absolute Gasteiger partial charge is 0.259 e. The van der Waals surface area contributed by atoms with Gasteiger partial charge in [0.05, 0.1) is 41.2 Å². The molecule has 0 aliphatic heterocycles. The van der Waals surface area contributed by atoms with Gasteiger partial charge in [-0.15, -0.1) is 0 Å². The van der Waals surface area contributed by atoms with Crippen LogP contribution in [-0.2, 0) is 14.6 Å². The summed E-state index contributed by atoms with van der Waals surface area (Å²) in [6, 6.07) is 9.88. The third kappa shape index (κ3) is 5.64. The molecule has 0 aliphatic rings. The Hall–Kier alpha value is -3.83. The van der Waals surface area contributed by atoms with Gasteiger partial charge in [0.25, 0.3) is 5.56 Å². The van der Waals surface area contributed by atoms with Crippen molar-refractivity contribution in [2.45, 2.75) is 17.7 Å². The van der Waals surface area contributed by atoms with Gasteiger partial charge in [0, 0.05) is 25.6 Å². The van der Waals surface area contributed by atoms with Crippen molar-refractivity contribution < 1.29 is 17.9 Å². The van der Waals surface area contributed by atoms with E-state index in [0.29, 0.717) is 59.0 Å². The molecular formula is C24H25N5O5S. The molecule has 35 heavy (non-hydrogen) atoms. The molecule has 3 heterocycles. The lowest BCUT2D eigenvalue weighted by Gasteiger charge is -2.12. The summed E-state index contributed by atoms with van der Waals surface area (Å²) < 4.78 is 35.3. The van der Waals surface area contributed by atoms with Crippen LogP contribution in [0.3, 0.4) is 0 Å². The maximum Gasteiger partial charge on any atom is 0.259 e. The zero-order valence-corrected chi connectivity index (χ0v) is 20.1. The molecule has 0 bridgehead atoms. The summed E-state index contributed by atoms with van der Waals surface area (Å²) in [7, 11) is -0.315. The van der Waals surface area contributed by atoms with E-state index in [1.165, 1.54) is 25.4 Å². The molecule has 0 fully saturated rings. The number of benzene rings is 1. The Morgan fingerprint density at radius 3 is 2.54 bits per heavy atom. The maximum atomic E-state index is 12.6. The first-order valence-electron chi connectivity index (χ1n) is 10.9. The van der Waals surface area contributed by atoms with E-state index in [9.17, 15) is 13.2 Å². The Bertz CT molecular complexity index is 1490. The van der Waals surface area contributed by atoms with Gasteiger partial charge >= 0.3 is 0 Å². The number of anilines is 2. The molecule has 0 atom stereocenters. The average molecular weight is 496 g/mol. The fourth-order valence-corrected chi connectivity index (χ4v) is 4.91. The van der Waals surface area contributed by atoms with Crippen molar-refractivity contribution >= 4 is 32.1 Å². The number of hydrogen-bond acceptors (Lipinski definition) is 9. The van der Waals surface area contributed by atoms with Gasteiger partial charge in [-0.3, -0.25) is 9.78 Å². The SMILES string of the molecule is COCCCCS(=O)(=O)c1ccc(Nc2nc(-c3cncc(OC)n3)cc3cc[nH]c(=O)c23)cc1. The number of nitrogens with zero attached hydrogens (tertiary/aromatic N) is 3. The molecular weight excluding hydrogens is 470 g/mol. The molecule has 0 amide bonds. The predicted molar refractivity (Wildman–Crippen MR) is 133 cm³/mol. The number of ether oxygens (including phenoxy) is 2. The van der Waals surface area contributed by atoms with Gasteiger partial charge in [0.2, 0.25) is 5.88 Å². The Kier molecular flexibility index (Phi) is 7.37. The second kappa shape index (κ2) is 10.6. The summed E-state index contributed by atoms with van der Waals surface area (Å²) in [5, 5.41) is 4.16. The quantitative estimate of drug-likeness (QED) is 0.317. The van der Waals surface area contributed by atoms with Gasteiger partial charge in [-0.1, -0.05) is 0 Å². The second-order valence-electron chi connectivity index (χ2n) is 7.74. The van der Waals surface area contributed by atoms with E-state index < -0.39 is 9.84 Å². The zero-order valence-electron chi connectivity index (χ0n) is 19.3. The number of hydrogen-bond donors (Lipinski definition) is 2. The van der Waals surface area contributed by atoms with E-state index >= 15 is 0 Å². The highest BCUT2D eigenvalue weighted by atomic mass is 32.2. The number of pyridine rings is 2. The van der Waals surface area contributed by atoms with Gasteiger partial charge in [0.15, 0.2) is 9.84 Å². The van der Waals surface area contributed by atoms with E-state index in [4.69, 9.17) is 9.47 Å². The Morgan fingerprint density at radius 2 is 1.80 bits per heavy atom. The first kappa shape index (κ1) is 24.3. The van der Waals surface area contributed by atoms with Crippen LogP contribution in [0.25, 0.3) is 22.2 Å². The van der Waals surface area contributed by atoms with E-state index in [0.717, 1.165) is 0 Å². The van der Waals surface area contributed by atoms with Crippen LogP contribution in [0.2, 0.25) is 0 Å². The number of H-pyrrole nitrogens is 1. The number of sulfone groups is 1. The Balaban J connectivity index is 1.66. The summed E-state index contributed by atoms with van der Waals surface area (Å²) in [5.74, 6) is 0.692. The van der Waals surface area contributed by atoms with Gasteiger partial charge in [0.1, 0.15) is 11.5 Å². The summed E-state index contributed by atoms with van der Waals surface area (Å²) in [4.78, 5) is 28.6. The molecule has 1 aromatic carbocycles. The highest BCUT2D eigenvalue weighted by molar-refractivity contribution is 7.91. The molecule has 0 radical (unpaired) electrons. The molecule has 0 saturated heterocycles. The molecule has 0 aliphatic carbocycles. The van der Waals surface area contributed by atoms with Crippen LogP contribution in [0, 0.1) is 0 Å². The van der Waals surface area contributed by atoms with E-state index in [2.05, 4.69) is 25.3 Å². The molecule has 4 aromatic rings. The minimum atomic E-state index is -3.40. The highest BCUT2D eigenvalue weighted by Gasteiger charge is 2.16. The monoisotopic (exact) mass is 495 g/mol. The molecule has 10 nitrogen and oxygen atoms in total. The standard InChI is InChI=1S/C24H25N5O5S/c1-33-11-3-4-12-35(31,32)18-7-5-17(6-8-18)27-23-22-16(9-10-26-24(22)30)13-19(29-23)20-14-25-15-21(28-20)34-2/h5-10,13-15H,3-4,11-12H2,1-2H3,(H,26,30)(H,27,29). The van der Waals surface area contributed by atoms with Crippen molar-refractivity contribution in [2.24, 2.45) is 0 Å². The summed E-state index contributed by atoms with van der Waals surface area (Å²) in [5.41, 5.74) is 1.24. The van der Waals surface area contributed by atoms with Gasteiger partial charge in [-0.2, -0.15) is 0 Å². The van der Waals surface area contributed by atoms with Crippen LogP contribution in [0.15, 0.2) is 64.7 Å². The molecule has 0 spiro atoms. The molecule has 11 heteroatoms. The molecule has 0 saturated carbocycles. The Morgan fingerprint density at radius 1 is 1.00 bits per heavy atom. The van der Waals surface area contributed by atoms with Crippen LogP contribution < -0.4 is 15.6 Å². The Labute approximate surface area is 202 Å². The number of methoxy groups -OCH3 is 2. The van der Waals surface area contributed by atoms with Gasteiger partial charge in [-0.25, -0.2) is 18.4 Å². The summed E-state index contributed by atoms with van der Waals surface area (Å²) in [6.07, 6.45) is 5.80. The first-order valence-corrected chi connectivity index (χ1v) is 12.5. The summed E-state index contributed by atoms with van der Waals surface area (Å²) in [6.45, 7) is 0.527. The highest BCUT2D eigenvalue weighted by Crippen LogP contribution is 2.28. The lowest BCUT2D eigenvalue weighted by molar-refractivity contribution is 0.194. The normalized spacial score (nSPS) is 11.5. The molecule has 4 rings (SSSR count). The van der Waals surface area contributed by atoms with Gasteiger partial charge < -0.3 is 19.8 Å². The molecule has 3 aromatic heterocycles. The van der Waals surface area contributed by atoms with Crippen molar-refractivity contribution in [3.63, 3.8) is 0 Å². The van der Waals surface area contributed by atoms with Crippen molar-refractivity contribution in [2.75, 3.05) is 31.9 Å². The first-order chi connectivity index (χ1) is 16.9. The maximum absolute atomic E-state index is 12.6. The van der Waals surface area contributed by atoms with Crippen molar-refractivity contribution in [3.05, 3.63) is 65.3 Å². The zero-order chi connectivity index (χ0) is 24.8. The minimum Gasteiger partial charge on any atom is -0.480 e. The third-order valence-electron chi connectivity index (χ3n) is 5.33. The lowest BCUT2D eigenvalue weighted by atomic mass is 10.1. The topological polar surface area (TPSA) is 136 Å². The van der Waals surface area contributed by atoms with Crippen LogP contribution in [0.5, 0.6) is 5.88 Å². The van der Waals surface area contributed by atoms with Crippen LogP contribution in [-0.4, -0.2) is 54.9 Å². The number of nitrogens with one attached hydrogen (secondary N) is 2. The fraction of sp³-hybridized carbons (Fsp3) is 0.250. The fourth-order valence-electron chi connectivity index (χ4n) is 3.54. The number of rotatable bonds is 10. The largest absolute Gasteiger partial charge is 0.480 e. The molecule has 182 valence electrons. The van der Waals surface area contributed by atoms with E-state index in [1.807, 2.05) is 0 Å². The molecule has 2 N–H and O–H groups in total. The number of unbranched alkanes of at least 4 members (excludes halogenated alkanes) is 1. The van der Waals surface area contributed by atoms with Crippen molar-refractivity contribution in [1.29, 1.82) is 0 Å². The lowest BCUT2D eigenvalue weighted by Crippen LogP contribution is -2.10. The van der Waals surface area contributed by atoms with Crippen molar-refractivity contribution in [1.82, 2.24) is 19.9 Å². The summed E-state index contributed by atoms with van der Waals surface area (Å²) >= 11 is 0. The second-order valence-corrected chi connectivity index (χ2v) is 9.85. The number of fused-ring (bicyclic) bond motifs is 1. The van der Waals surface area contributed by atoms with Crippen LogP contribution in [0.4, 0.5) is 11.5 Å². The number of aromatic nitrogens is 4. The molecule has 0 unspecified atom stereocenters. The van der Waals surface area contributed by atoms with Crippen LogP contribution >= 0.6 is 0 Å². The predicted octanol–water partition coefficient (Wildman–Crippen LogP) is 3.33. The van der Waals surface area contributed by atoms with E-state index in [-0.39, 0.29) is 16.2 Å².